The Morgan fingerprint density at radius 3 is 2.73 bits per heavy atom. The first-order valence-electron chi connectivity index (χ1n) is 14.0. The topological polar surface area (TPSA) is 117 Å². The molecule has 210 valence electrons. The summed E-state index contributed by atoms with van der Waals surface area (Å²) < 4.78 is 5.98. The molecule has 0 bridgehead atoms. The number of aliphatic hydroxyl groups is 1. The van der Waals surface area contributed by atoms with Gasteiger partial charge in [0, 0.05) is 55.8 Å². The van der Waals surface area contributed by atoms with Crippen molar-refractivity contribution >= 4 is 28.1 Å². The highest BCUT2D eigenvalue weighted by Crippen LogP contribution is 2.40. The lowest BCUT2D eigenvalue weighted by Crippen LogP contribution is -2.55. The lowest BCUT2D eigenvalue weighted by atomic mass is 9.95. The molecule has 0 aliphatic carbocycles. The number of carbonyl (C=O) groups is 1. The van der Waals surface area contributed by atoms with E-state index in [9.17, 15) is 20.4 Å². The number of nitriles is 2. The van der Waals surface area contributed by atoms with Crippen molar-refractivity contribution < 1.29 is 14.6 Å². The number of pyridine rings is 1. The Morgan fingerprint density at radius 1 is 1.20 bits per heavy atom. The van der Waals surface area contributed by atoms with Crippen LogP contribution in [-0.4, -0.2) is 66.3 Å². The van der Waals surface area contributed by atoms with Crippen molar-refractivity contribution in [1.82, 2.24) is 9.88 Å². The molecular formula is C32H34N6O3. The zero-order valence-electron chi connectivity index (χ0n) is 23.3. The molecule has 1 saturated heterocycles. The molecule has 2 aromatic carbocycles. The molecule has 2 aliphatic heterocycles. The summed E-state index contributed by atoms with van der Waals surface area (Å²) in [4.78, 5) is 23.5. The number of rotatable bonds is 8. The van der Waals surface area contributed by atoms with Gasteiger partial charge in [-0.3, -0.25) is 4.79 Å². The van der Waals surface area contributed by atoms with Gasteiger partial charge in [-0.15, -0.1) is 0 Å². The second-order valence-corrected chi connectivity index (χ2v) is 10.4. The van der Waals surface area contributed by atoms with Gasteiger partial charge in [0.25, 0.3) is 0 Å². The zero-order chi connectivity index (χ0) is 28.9. The Bertz CT molecular complexity index is 1550. The SMILES string of the molecule is C=CC(=O)N1CCN(c2c(C#N)c(OCCCO)nc3c2CCN(c2cccc4cccc(C)c24)C3)C[C@@H]1CC#N. The molecule has 3 heterocycles. The number of hydrogen-bond donors (Lipinski definition) is 1. The molecule has 1 atom stereocenters. The Morgan fingerprint density at radius 2 is 2.00 bits per heavy atom. The number of amides is 1. The molecular weight excluding hydrogens is 516 g/mol. The number of nitrogens with zero attached hydrogens (tertiary/aromatic N) is 6. The molecule has 1 aromatic heterocycles. The highest BCUT2D eigenvalue weighted by atomic mass is 16.5. The van der Waals surface area contributed by atoms with Crippen LogP contribution in [0.1, 0.15) is 35.2 Å². The summed E-state index contributed by atoms with van der Waals surface area (Å²) in [6, 6.07) is 16.9. The average Bonchev–Trinajstić information content (AvgIpc) is 3.00. The van der Waals surface area contributed by atoms with Gasteiger partial charge in [0.15, 0.2) is 0 Å². The number of aryl methyl sites for hydroxylation is 1. The van der Waals surface area contributed by atoms with Crippen LogP contribution in [0, 0.1) is 29.6 Å². The molecule has 1 N–H and O–H groups in total. The number of piperazine rings is 1. The Kier molecular flexibility index (Phi) is 8.37. The van der Waals surface area contributed by atoms with Crippen LogP contribution in [-0.2, 0) is 17.8 Å². The van der Waals surface area contributed by atoms with E-state index in [0.717, 1.165) is 29.2 Å². The predicted molar refractivity (Wildman–Crippen MR) is 158 cm³/mol. The van der Waals surface area contributed by atoms with E-state index in [1.165, 1.54) is 22.4 Å². The number of aromatic nitrogens is 1. The fourth-order valence-electron chi connectivity index (χ4n) is 6.04. The molecule has 5 rings (SSSR count). The molecule has 1 fully saturated rings. The van der Waals surface area contributed by atoms with Gasteiger partial charge in [0.2, 0.25) is 11.8 Å². The van der Waals surface area contributed by atoms with E-state index in [1.807, 2.05) is 0 Å². The maximum absolute atomic E-state index is 12.5. The van der Waals surface area contributed by atoms with E-state index in [0.29, 0.717) is 44.6 Å². The van der Waals surface area contributed by atoms with Crippen LogP contribution in [0.2, 0.25) is 0 Å². The number of benzene rings is 2. The summed E-state index contributed by atoms with van der Waals surface area (Å²) in [5, 5.41) is 31.5. The minimum atomic E-state index is -0.327. The number of fused-ring (bicyclic) bond motifs is 2. The first-order chi connectivity index (χ1) is 20.0. The first-order valence-corrected chi connectivity index (χ1v) is 14.0. The van der Waals surface area contributed by atoms with Crippen molar-refractivity contribution in [3.05, 3.63) is 71.4 Å². The Hall–Kier alpha value is -4.60. The van der Waals surface area contributed by atoms with Crippen LogP contribution in [0.4, 0.5) is 11.4 Å². The van der Waals surface area contributed by atoms with Crippen molar-refractivity contribution in [2.24, 2.45) is 0 Å². The van der Waals surface area contributed by atoms with Gasteiger partial charge in [-0.1, -0.05) is 36.9 Å². The fourth-order valence-corrected chi connectivity index (χ4v) is 6.04. The van der Waals surface area contributed by atoms with Crippen LogP contribution in [0.25, 0.3) is 10.8 Å². The van der Waals surface area contributed by atoms with Crippen molar-refractivity contribution in [3.8, 4) is 18.0 Å². The third-order valence-corrected chi connectivity index (χ3v) is 7.96. The number of hydrogen-bond acceptors (Lipinski definition) is 8. The second kappa shape index (κ2) is 12.3. The molecule has 9 nitrogen and oxygen atoms in total. The van der Waals surface area contributed by atoms with E-state index in [4.69, 9.17) is 9.72 Å². The Balaban J connectivity index is 1.57. The van der Waals surface area contributed by atoms with Gasteiger partial charge in [-0.25, -0.2) is 4.98 Å². The van der Waals surface area contributed by atoms with Crippen molar-refractivity contribution in [2.75, 3.05) is 49.2 Å². The van der Waals surface area contributed by atoms with E-state index >= 15 is 0 Å². The van der Waals surface area contributed by atoms with Crippen molar-refractivity contribution in [3.63, 3.8) is 0 Å². The summed E-state index contributed by atoms with van der Waals surface area (Å²) in [6.45, 7) is 8.60. The molecule has 1 amide bonds. The number of ether oxygens (including phenoxy) is 1. The van der Waals surface area contributed by atoms with E-state index in [2.05, 4.69) is 71.8 Å². The monoisotopic (exact) mass is 550 g/mol. The third kappa shape index (κ3) is 5.41. The molecule has 0 spiro atoms. The van der Waals surface area contributed by atoms with Gasteiger partial charge in [0.1, 0.15) is 11.6 Å². The van der Waals surface area contributed by atoms with E-state index in [1.54, 1.807) is 4.90 Å². The third-order valence-electron chi connectivity index (χ3n) is 7.96. The number of aliphatic hydroxyl groups excluding tert-OH is 1. The maximum Gasteiger partial charge on any atom is 0.246 e. The fraction of sp³-hybridized carbons (Fsp3) is 0.375. The molecule has 0 unspecified atom stereocenters. The van der Waals surface area contributed by atoms with Gasteiger partial charge in [-0.2, -0.15) is 10.5 Å². The van der Waals surface area contributed by atoms with Gasteiger partial charge in [-0.05, 0) is 36.4 Å². The molecule has 0 saturated carbocycles. The zero-order valence-corrected chi connectivity index (χ0v) is 23.3. The van der Waals surface area contributed by atoms with Gasteiger partial charge in [0.05, 0.1) is 43.1 Å². The first kappa shape index (κ1) is 27.9. The smallest absolute Gasteiger partial charge is 0.246 e. The summed E-state index contributed by atoms with van der Waals surface area (Å²) in [5.41, 5.74) is 5.34. The quantitative estimate of drug-likeness (QED) is 0.332. The minimum Gasteiger partial charge on any atom is -0.477 e. The molecule has 41 heavy (non-hydrogen) atoms. The highest BCUT2D eigenvalue weighted by molar-refractivity contribution is 5.97. The number of anilines is 2. The van der Waals surface area contributed by atoms with E-state index < -0.39 is 0 Å². The summed E-state index contributed by atoms with van der Waals surface area (Å²) >= 11 is 0. The molecule has 3 aromatic rings. The summed E-state index contributed by atoms with van der Waals surface area (Å²) in [6.07, 6.45) is 2.57. The van der Waals surface area contributed by atoms with Crippen LogP contribution in [0.15, 0.2) is 49.1 Å². The lowest BCUT2D eigenvalue weighted by Gasteiger charge is -2.43. The molecule has 9 heteroatoms. The maximum atomic E-state index is 12.5. The normalized spacial score (nSPS) is 16.6. The lowest BCUT2D eigenvalue weighted by molar-refractivity contribution is -0.128. The largest absolute Gasteiger partial charge is 0.477 e. The van der Waals surface area contributed by atoms with Crippen molar-refractivity contribution in [1.29, 1.82) is 10.5 Å². The predicted octanol–water partition coefficient (Wildman–Crippen LogP) is 3.86. The minimum absolute atomic E-state index is 0.0248. The highest BCUT2D eigenvalue weighted by Gasteiger charge is 2.35. The second-order valence-electron chi connectivity index (χ2n) is 10.4. The van der Waals surface area contributed by atoms with Gasteiger partial charge >= 0.3 is 0 Å². The standard InChI is InChI=1S/C32H34N6O3/c1-3-29(40)38-16-15-37(20-24(38)11-13-33)31-25-12-14-36(28-10-5-9-23-8-4-7-22(2)30(23)28)21-27(25)35-32(26(31)19-34)41-18-6-17-39/h3-5,7-10,24,39H,1,6,11-12,14-18,20-21H2,2H3/t24-/m0/s1. The summed E-state index contributed by atoms with van der Waals surface area (Å²) in [5.74, 6) is 0.0586. The molecule has 0 radical (unpaired) electrons. The van der Waals surface area contributed by atoms with Crippen LogP contribution in [0.5, 0.6) is 5.88 Å². The van der Waals surface area contributed by atoms with Crippen molar-refractivity contribution in [2.45, 2.75) is 38.8 Å². The van der Waals surface area contributed by atoms with Crippen LogP contribution in [0.3, 0.4) is 0 Å². The summed E-state index contributed by atoms with van der Waals surface area (Å²) in [7, 11) is 0. The van der Waals surface area contributed by atoms with Crippen LogP contribution >= 0.6 is 0 Å². The Labute approximate surface area is 240 Å². The van der Waals surface area contributed by atoms with Crippen LogP contribution < -0.4 is 14.5 Å². The average molecular weight is 551 g/mol. The molecule has 2 aliphatic rings. The van der Waals surface area contributed by atoms with E-state index in [-0.39, 0.29) is 37.5 Å². The van der Waals surface area contributed by atoms with Gasteiger partial charge < -0.3 is 24.5 Å². The number of carbonyl (C=O) groups excluding carboxylic acids is 1.